The summed E-state index contributed by atoms with van der Waals surface area (Å²) in [5.41, 5.74) is 1.22. The summed E-state index contributed by atoms with van der Waals surface area (Å²) in [6, 6.07) is 7.03. The van der Waals surface area contributed by atoms with Crippen molar-refractivity contribution in [3.63, 3.8) is 0 Å². The zero-order valence-corrected chi connectivity index (χ0v) is 12.0. The summed E-state index contributed by atoms with van der Waals surface area (Å²) in [7, 11) is 0. The molecule has 5 heteroatoms. The zero-order chi connectivity index (χ0) is 15.1. The van der Waals surface area contributed by atoms with Gasteiger partial charge in [-0.25, -0.2) is 0 Å². The van der Waals surface area contributed by atoms with Crippen LogP contribution in [0, 0.1) is 5.92 Å². The van der Waals surface area contributed by atoms with Crippen molar-refractivity contribution in [3.05, 3.63) is 29.8 Å². The molecular weight excluding hydrogens is 270 g/mol. The number of anilines is 1. The molecular formula is C16H21NO4. The van der Waals surface area contributed by atoms with Gasteiger partial charge in [-0.15, -0.1) is 0 Å². The second kappa shape index (κ2) is 7.78. The number of hydrogen-bond acceptors (Lipinski definition) is 3. The van der Waals surface area contributed by atoms with E-state index in [-0.39, 0.29) is 12.3 Å². The Morgan fingerprint density at radius 1 is 1.24 bits per heavy atom. The van der Waals surface area contributed by atoms with Gasteiger partial charge in [0.1, 0.15) is 0 Å². The molecule has 1 aromatic carbocycles. The predicted molar refractivity (Wildman–Crippen MR) is 79.2 cm³/mol. The molecule has 1 aliphatic heterocycles. The van der Waals surface area contributed by atoms with Gasteiger partial charge >= 0.3 is 5.97 Å². The van der Waals surface area contributed by atoms with Gasteiger partial charge in [-0.3, -0.25) is 9.59 Å². The molecule has 1 amide bonds. The maximum Gasteiger partial charge on any atom is 0.307 e. The maximum atomic E-state index is 12.0. The highest BCUT2D eigenvalue weighted by Crippen LogP contribution is 2.21. The molecule has 21 heavy (non-hydrogen) atoms. The number of nitrogens with one attached hydrogen (secondary N) is 1. The maximum absolute atomic E-state index is 12.0. The molecule has 0 saturated carbocycles. The van der Waals surface area contributed by atoms with Crippen LogP contribution in [0.15, 0.2) is 24.3 Å². The van der Waals surface area contributed by atoms with E-state index in [1.165, 1.54) is 0 Å². The van der Waals surface area contributed by atoms with Crippen LogP contribution in [0.25, 0.3) is 0 Å². The van der Waals surface area contributed by atoms with E-state index >= 15 is 0 Å². The lowest BCUT2D eigenvalue weighted by Crippen LogP contribution is -2.19. The number of amides is 1. The van der Waals surface area contributed by atoms with Crippen molar-refractivity contribution in [1.29, 1.82) is 0 Å². The lowest BCUT2D eigenvalue weighted by Gasteiger charge is -2.21. The fraction of sp³-hybridized carbons (Fsp3) is 0.500. The van der Waals surface area contributed by atoms with E-state index in [1.807, 2.05) is 0 Å². The van der Waals surface area contributed by atoms with Crippen molar-refractivity contribution in [2.75, 3.05) is 18.5 Å². The SMILES string of the molecule is O=C(O)Cc1ccccc1NC(=O)CCC1CCOCC1. The van der Waals surface area contributed by atoms with Crippen molar-refractivity contribution in [3.8, 4) is 0 Å². The van der Waals surface area contributed by atoms with E-state index < -0.39 is 5.97 Å². The second-order valence-corrected chi connectivity index (χ2v) is 5.37. The van der Waals surface area contributed by atoms with Crippen LogP contribution >= 0.6 is 0 Å². The molecule has 2 rings (SSSR count). The second-order valence-electron chi connectivity index (χ2n) is 5.37. The first-order valence-electron chi connectivity index (χ1n) is 7.32. The topological polar surface area (TPSA) is 75.6 Å². The molecule has 114 valence electrons. The standard InChI is InChI=1S/C16H21NO4/c18-15(6-5-12-7-9-21-10-8-12)17-14-4-2-1-3-13(14)11-16(19)20/h1-4,12H,5-11H2,(H,17,18)(H,19,20). The van der Waals surface area contributed by atoms with Gasteiger partial charge in [0.2, 0.25) is 5.91 Å². The van der Waals surface area contributed by atoms with Crippen LogP contribution in [-0.2, 0) is 20.7 Å². The van der Waals surface area contributed by atoms with Gasteiger partial charge in [-0.05, 0) is 36.8 Å². The minimum Gasteiger partial charge on any atom is -0.481 e. The van der Waals surface area contributed by atoms with E-state index in [4.69, 9.17) is 9.84 Å². The fourth-order valence-electron chi connectivity index (χ4n) is 2.54. The van der Waals surface area contributed by atoms with Crippen LogP contribution < -0.4 is 5.32 Å². The molecule has 1 saturated heterocycles. The summed E-state index contributed by atoms with van der Waals surface area (Å²) in [4.78, 5) is 22.8. The molecule has 0 aliphatic carbocycles. The Morgan fingerprint density at radius 3 is 2.67 bits per heavy atom. The van der Waals surface area contributed by atoms with Crippen LogP contribution in [0.1, 0.15) is 31.2 Å². The first-order valence-corrected chi connectivity index (χ1v) is 7.32. The minimum atomic E-state index is -0.904. The van der Waals surface area contributed by atoms with Crippen molar-refractivity contribution in [2.45, 2.75) is 32.1 Å². The number of ether oxygens (including phenoxy) is 1. The summed E-state index contributed by atoms with van der Waals surface area (Å²) in [6.45, 7) is 1.57. The Hall–Kier alpha value is -1.88. The molecule has 1 aromatic rings. The van der Waals surface area contributed by atoms with Crippen LogP contribution in [0.5, 0.6) is 0 Å². The minimum absolute atomic E-state index is 0.0562. The molecule has 0 atom stereocenters. The van der Waals surface area contributed by atoms with Gasteiger partial charge in [0.15, 0.2) is 0 Å². The van der Waals surface area contributed by atoms with Gasteiger partial charge in [0.05, 0.1) is 6.42 Å². The molecule has 0 bridgehead atoms. The third-order valence-electron chi connectivity index (χ3n) is 3.75. The van der Waals surface area contributed by atoms with E-state index in [2.05, 4.69) is 5.32 Å². The number of para-hydroxylation sites is 1. The number of rotatable bonds is 6. The summed E-state index contributed by atoms with van der Waals surface area (Å²) in [5, 5.41) is 11.7. The van der Waals surface area contributed by atoms with Crippen LogP contribution in [0.4, 0.5) is 5.69 Å². The smallest absolute Gasteiger partial charge is 0.307 e. The summed E-state index contributed by atoms with van der Waals surface area (Å²) in [6.07, 6.45) is 3.27. The number of benzene rings is 1. The average molecular weight is 291 g/mol. The molecule has 5 nitrogen and oxygen atoms in total. The van der Waals surface area contributed by atoms with Gasteiger partial charge < -0.3 is 15.2 Å². The van der Waals surface area contributed by atoms with Crippen molar-refractivity contribution < 1.29 is 19.4 Å². The predicted octanol–water partition coefficient (Wildman–Crippen LogP) is 2.46. The number of carbonyl (C=O) groups is 2. The van der Waals surface area contributed by atoms with E-state index in [0.717, 1.165) is 32.5 Å². The van der Waals surface area contributed by atoms with E-state index in [9.17, 15) is 9.59 Å². The molecule has 1 heterocycles. The van der Waals surface area contributed by atoms with Crippen LogP contribution in [-0.4, -0.2) is 30.2 Å². The Kier molecular flexibility index (Phi) is 5.75. The largest absolute Gasteiger partial charge is 0.481 e. The highest BCUT2D eigenvalue weighted by Gasteiger charge is 2.16. The number of aliphatic carboxylic acids is 1. The van der Waals surface area contributed by atoms with Crippen LogP contribution in [0.3, 0.4) is 0 Å². The molecule has 1 aliphatic rings. The lowest BCUT2D eigenvalue weighted by molar-refractivity contribution is -0.136. The quantitative estimate of drug-likeness (QED) is 0.844. The monoisotopic (exact) mass is 291 g/mol. The van der Waals surface area contributed by atoms with E-state index in [0.29, 0.717) is 23.6 Å². The molecule has 0 radical (unpaired) electrons. The third kappa shape index (κ3) is 5.19. The van der Waals surface area contributed by atoms with Gasteiger partial charge in [0.25, 0.3) is 0 Å². The lowest BCUT2D eigenvalue weighted by atomic mass is 9.95. The number of carbonyl (C=O) groups excluding carboxylic acids is 1. The first-order chi connectivity index (χ1) is 10.1. The summed E-state index contributed by atoms with van der Waals surface area (Å²) >= 11 is 0. The number of carboxylic acids is 1. The Labute approximate surface area is 124 Å². The molecule has 0 unspecified atom stereocenters. The van der Waals surface area contributed by atoms with Gasteiger partial charge in [-0.2, -0.15) is 0 Å². The number of hydrogen-bond donors (Lipinski definition) is 2. The van der Waals surface area contributed by atoms with Crippen molar-refractivity contribution in [1.82, 2.24) is 0 Å². The Balaban J connectivity index is 1.85. The summed E-state index contributed by atoms with van der Waals surface area (Å²) in [5.74, 6) is -0.406. The Bertz CT molecular complexity index is 495. The van der Waals surface area contributed by atoms with E-state index in [1.54, 1.807) is 24.3 Å². The summed E-state index contributed by atoms with van der Waals surface area (Å²) < 4.78 is 5.30. The molecule has 1 fully saturated rings. The Morgan fingerprint density at radius 2 is 1.95 bits per heavy atom. The van der Waals surface area contributed by atoms with Gasteiger partial charge in [0, 0.05) is 25.3 Å². The highest BCUT2D eigenvalue weighted by molar-refractivity contribution is 5.92. The molecule has 2 N–H and O–H groups in total. The number of carboxylic acid groups (broad SMARTS) is 1. The zero-order valence-electron chi connectivity index (χ0n) is 12.0. The third-order valence-corrected chi connectivity index (χ3v) is 3.75. The fourth-order valence-corrected chi connectivity index (χ4v) is 2.54. The van der Waals surface area contributed by atoms with Crippen LogP contribution in [0.2, 0.25) is 0 Å². The molecule has 0 aromatic heterocycles. The normalized spacial score (nSPS) is 15.6. The van der Waals surface area contributed by atoms with Gasteiger partial charge in [-0.1, -0.05) is 18.2 Å². The average Bonchev–Trinajstić information content (AvgIpc) is 2.48. The highest BCUT2D eigenvalue weighted by atomic mass is 16.5. The van der Waals surface area contributed by atoms with Crippen molar-refractivity contribution >= 4 is 17.6 Å². The molecule has 0 spiro atoms. The first kappa shape index (κ1) is 15.5. The van der Waals surface area contributed by atoms with Crippen molar-refractivity contribution in [2.24, 2.45) is 5.92 Å².